The summed E-state index contributed by atoms with van der Waals surface area (Å²) >= 11 is 0. The Labute approximate surface area is 109 Å². The first kappa shape index (κ1) is 13.9. The highest BCUT2D eigenvalue weighted by Gasteiger charge is 2.35. The number of hydrogen-bond acceptors (Lipinski definition) is 5. The van der Waals surface area contributed by atoms with Crippen molar-refractivity contribution in [2.75, 3.05) is 59.1 Å². The zero-order valence-corrected chi connectivity index (χ0v) is 11.0. The van der Waals surface area contributed by atoms with Crippen molar-refractivity contribution in [1.29, 1.82) is 0 Å². The summed E-state index contributed by atoms with van der Waals surface area (Å²) in [5.74, 6) is 0. The van der Waals surface area contributed by atoms with Crippen molar-refractivity contribution in [2.45, 2.75) is 12.8 Å². The van der Waals surface area contributed by atoms with Gasteiger partial charge in [0.05, 0.1) is 18.6 Å². The maximum Gasteiger partial charge on any atom is 0.129 e. The molecule has 2 aliphatic heterocycles. The Kier molecular flexibility index (Phi) is 5.12. The van der Waals surface area contributed by atoms with Crippen LogP contribution in [0.4, 0.5) is 0 Å². The van der Waals surface area contributed by atoms with Gasteiger partial charge in [0.2, 0.25) is 0 Å². The fourth-order valence-electron chi connectivity index (χ4n) is 2.89. The maximum absolute atomic E-state index is 11.4. The van der Waals surface area contributed by atoms with Crippen LogP contribution in [0.5, 0.6) is 0 Å². The van der Waals surface area contributed by atoms with Crippen LogP contribution in [-0.2, 0) is 9.53 Å². The van der Waals surface area contributed by atoms with E-state index in [1.165, 1.54) is 0 Å². The molecule has 104 valence electrons. The lowest BCUT2D eigenvalue weighted by Crippen LogP contribution is -2.52. The summed E-state index contributed by atoms with van der Waals surface area (Å²) in [5.41, 5.74) is -0.280. The minimum Gasteiger partial charge on any atom is -0.395 e. The lowest BCUT2D eigenvalue weighted by Gasteiger charge is -2.40. The van der Waals surface area contributed by atoms with Gasteiger partial charge in [-0.1, -0.05) is 0 Å². The van der Waals surface area contributed by atoms with Gasteiger partial charge in [-0.05, 0) is 12.8 Å². The summed E-state index contributed by atoms with van der Waals surface area (Å²) in [6.45, 7) is 7.11. The number of aliphatic hydroxyl groups excluding tert-OH is 1. The Morgan fingerprint density at radius 2 is 1.94 bits per heavy atom. The first-order valence-electron chi connectivity index (χ1n) is 6.88. The number of hydrogen-bond donors (Lipinski definition) is 1. The second kappa shape index (κ2) is 6.61. The SMILES string of the molecule is O=CC1(CN2CCN(CCO)CC2)CCCOC1. The van der Waals surface area contributed by atoms with Crippen molar-refractivity contribution < 1.29 is 14.6 Å². The molecule has 0 aliphatic carbocycles. The molecule has 0 amide bonds. The van der Waals surface area contributed by atoms with Crippen LogP contribution in [0.15, 0.2) is 0 Å². The monoisotopic (exact) mass is 256 g/mol. The quantitative estimate of drug-likeness (QED) is 0.678. The standard InChI is InChI=1S/C13H24N2O3/c16-8-7-14-3-5-15(6-4-14)10-13(11-17)2-1-9-18-12-13/h11,16H,1-10,12H2. The number of ether oxygens (including phenoxy) is 1. The molecular weight excluding hydrogens is 232 g/mol. The molecule has 5 heteroatoms. The lowest BCUT2D eigenvalue weighted by atomic mass is 9.83. The van der Waals surface area contributed by atoms with Crippen molar-refractivity contribution in [3.63, 3.8) is 0 Å². The van der Waals surface area contributed by atoms with Gasteiger partial charge < -0.3 is 14.6 Å². The highest BCUT2D eigenvalue weighted by molar-refractivity contribution is 5.60. The molecule has 0 aromatic rings. The number of nitrogens with zero attached hydrogens (tertiary/aromatic N) is 2. The molecule has 1 N–H and O–H groups in total. The number of carbonyl (C=O) groups excluding carboxylic acids is 1. The number of rotatable bonds is 5. The van der Waals surface area contributed by atoms with Gasteiger partial charge in [-0.2, -0.15) is 0 Å². The molecule has 0 bridgehead atoms. The van der Waals surface area contributed by atoms with Crippen LogP contribution in [0, 0.1) is 5.41 Å². The average Bonchev–Trinajstić information content (AvgIpc) is 2.42. The van der Waals surface area contributed by atoms with Crippen molar-refractivity contribution in [2.24, 2.45) is 5.41 Å². The Hall–Kier alpha value is -0.490. The summed E-state index contributed by atoms with van der Waals surface area (Å²) in [5, 5.41) is 8.91. The van der Waals surface area contributed by atoms with Crippen LogP contribution >= 0.6 is 0 Å². The van der Waals surface area contributed by atoms with E-state index in [1.807, 2.05) is 0 Å². The number of aliphatic hydroxyl groups is 1. The second-order valence-electron chi connectivity index (χ2n) is 5.48. The minimum atomic E-state index is -0.280. The van der Waals surface area contributed by atoms with Gasteiger partial charge in [0.15, 0.2) is 0 Å². The molecule has 0 aromatic heterocycles. The van der Waals surface area contributed by atoms with Gasteiger partial charge >= 0.3 is 0 Å². The Bertz CT molecular complexity index is 259. The molecule has 2 fully saturated rings. The van der Waals surface area contributed by atoms with E-state index in [4.69, 9.17) is 9.84 Å². The fourth-order valence-corrected chi connectivity index (χ4v) is 2.89. The van der Waals surface area contributed by atoms with Crippen molar-refractivity contribution in [1.82, 2.24) is 9.80 Å². The second-order valence-corrected chi connectivity index (χ2v) is 5.48. The molecule has 18 heavy (non-hydrogen) atoms. The van der Waals surface area contributed by atoms with Crippen molar-refractivity contribution >= 4 is 6.29 Å². The van der Waals surface area contributed by atoms with E-state index < -0.39 is 0 Å². The number of β-amino-alcohol motifs (C(OH)–C–C–N with tert-alkyl or cyclic N) is 1. The Morgan fingerprint density at radius 3 is 2.50 bits per heavy atom. The molecule has 0 aromatic carbocycles. The van der Waals surface area contributed by atoms with Gasteiger partial charge in [0.25, 0.3) is 0 Å². The lowest BCUT2D eigenvalue weighted by molar-refractivity contribution is -0.126. The third-order valence-corrected chi connectivity index (χ3v) is 4.02. The van der Waals surface area contributed by atoms with Crippen LogP contribution in [0.25, 0.3) is 0 Å². The summed E-state index contributed by atoms with van der Waals surface area (Å²) < 4.78 is 5.48. The van der Waals surface area contributed by atoms with Gasteiger partial charge in [-0.25, -0.2) is 0 Å². The van der Waals surface area contributed by atoms with Gasteiger partial charge in [0.1, 0.15) is 6.29 Å². The summed E-state index contributed by atoms with van der Waals surface area (Å²) in [4.78, 5) is 16.0. The highest BCUT2D eigenvalue weighted by Crippen LogP contribution is 2.27. The molecular formula is C13H24N2O3. The molecule has 2 aliphatic rings. The predicted octanol–water partition coefficient (Wildman–Crippen LogP) is -0.408. The van der Waals surface area contributed by atoms with E-state index in [2.05, 4.69) is 9.80 Å². The summed E-state index contributed by atoms with van der Waals surface area (Å²) in [6.07, 6.45) is 3.04. The molecule has 1 atom stereocenters. The summed E-state index contributed by atoms with van der Waals surface area (Å²) in [6, 6.07) is 0. The zero-order chi connectivity index (χ0) is 12.8. The normalized spacial score (nSPS) is 31.4. The smallest absolute Gasteiger partial charge is 0.129 e. The van der Waals surface area contributed by atoms with Crippen LogP contribution in [0.3, 0.4) is 0 Å². The molecule has 2 heterocycles. The molecule has 0 radical (unpaired) electrons. The molecule has 0 spiro atoms. The van der Waals surface area contributed by atoms with Gasteiger partial charge in [0, 0.05) is 45.9 Å². The van der Waals surface area contributed by atoms with Crippen LogP contribution < -0.4 is 0 Å². The van der Waals surface area contributed by atoms with E-state index in [0.717, 1.165) is 65.0 Å². The maximum atomic E-state index is 11.4. The van der Waals surface area contributed by atoms with Gasteiger partial charge in [-0.15, -0.1) is 0 Å². The minimum absolute atomic E-state index is 0.228. The number of aldehydes is 1. The first-order chi connectivity index (χ1) is 8.78. The van der Waals surface area contributed by atoms with Crippen LogP contribution in [0.2, 0.25) is 0 Å². The highest BCUT2D eigenvalue weighted by atomic mass is 16.5. The predicted molar refractivity (Wildman–Crippen MR) is 68.5 cm³/mol. The molecule has 2 saturated heterocycles. The number of piperazine rings is 1. The Morgan fingerprint density at radius 1 is 1.22 bits per heavy atom. The van der Waals surface area contributed by atoms with E-state index in [9.17, 15) is 4.79 Å². The first-order valence-corrected chi connectivity index (χ1v) is 6.88. The van der Waals surface area contributed by atoms with E-state index in [1.54, 1.807) is 0 Å². The van der Waals surface area contributed by atoms with E-state index in [-0.39, 0.29) is 12.0 Å². The zero-order valence-electron chi connectivity index (χ0n) is 11.0. The van der Waals surface area contributed by atoms with Crippen molar-refractivity contribution in [3.05, 3.63) is 0 Å². The van der Waals surface area contributed by atoms with Crippen molar-refractivity contribution in [3.8, 4) is 0 Å². The Balaban J connectivity index is 1.80. The summed E-state index contributed by atoms with van der Waals surface area (Å²) in [7, 11) is 0. The molecule has 5 nitrogen and oxygen atoms in total. The largest absolute Gasteiger partial charge is 0.395 e. The molecule has 1 unspecified atom stereocenters. The molecule has 2 rings (SSSR count). The van der Waals surface area contributed by atoms with E-state index >= 15 is 0 Å². The third kappa shape index (κ3) is 3.51. The van der Waals surface area contributed by atoms with Crippen LogP contribution in [0.1, 0.15) is 12.8 Å². The van der Waals surface area contributed by atoms with Gasteiger partial charge in [-0.3, -0.25) is 9.80 Å². The van der Waals surface area contributed by atoms with E-state index in [0.29, 0.717) is 6.61 Å². The molecule has 0 saturated carbocycles. The van der Waals surface area contributed by atoms with Crippen LogP contribution in [-0.4, -0.2) is 80.3 Å². The topological polar surface area (TPSA) is 53.0 Å². The number of carbonyl (C=O) groups is 1. The fraction of sp³-hybridized carbons (Fsp3) is 0.923. The average molecular weight is 256 g/mol. The third-order valence-electron chi connectivity index (χ3n) is 4.02.